The van der Waals surface area contributed by atoms with Crippen LogP contribution in [0.15, 0.2) is 40.5 Å². The Kier molecular flexibility index (Phi) is 4.01. The molecule has 1 aliphatic carbocycles. The first-order valence-corrected chi connectivity index (χ1v) is 9.39. The fraction of sp³-hybridized carbons (Fsp3) is 0.294. The molecular formula is C17H16N2O2S2. The number of amides is 1. The molecular weight excluding hydrogens is 328 g/mol. The fourth-order valence-electron chi connectivity index (χ4n) is 2.74. The van der Waals surface area contributed by atoms with E-state index in [1.165, 1.54) is 0 Å². The van der Waals surface area contributed by atoms with Gasteiger partial charge in [0.05, 0.1) is 10.2 Å². The molecule has 1 aliphatic rings. The number of thiophene rings is 1. The lowest BCUT2D eigenvalue weighted by atomic mass is 9.81. The Morgan fingerprint density at radius 1 is 1.35 bits per heavy atom. The number of hydrogen-bond donors (Lipinski definition) is 1. The van der Waals surface area contributed by atoms with Crippen molar-refractivity contribution >= 4 is 38.8 Å². The van der Waals surface area contributed by atoms with Gasteiger partial charge in [0, 0.05) is 12.5 Å². The van der Waals surface area contributed by atoms with E-state index in [4.69, 9.17) is 4.74 Å². The van der Waals surface area contributed by atoms with E-state index in [-0.39, 0.29) is 17.9 Å². The minimum absolute atomic E-state index is 0.0632. The molecule has 4 rings (SSSR count). The molecule has 0 saturated heterocycles. The van der Waals surface area contributed by atoms with Crippen molar-refractivity contribution < 1.29 is 9.53 Å². The largest absolute Gasteiger partial charge is 0.488 e. The molecule has 1 N–H and O–H groups in total. The van der Waals surface area contributed by atoms with E-state index in [1.54, 1.807) is 22.7 Å². The Bertz CT molecular complexity index is 807. The van der Waals surface area contributed by atoms with Crippen LogP contribution in [0.2, 0.25) is 0 Å². The number of nitrogens with one attached hydrogen (secondary N) is 1. The van der Waals surface area contributed by atoms with Crippen molar-refractivity contribution in [2.45, 2.75) is 25.5 Å². The summed E-state index contributed by atoms with van der Waals surface area (Å²) in [5.41, 5.74) is 3.91. The average Bonchev–Trinajstić information content (AvgIpc) is 3.19. The first-order chi connectivity index (χ1) is 11.3. The lowest BCUT2D eigenvalue weighted by Crippen LogP contribution is -2.43. The van der Waals surface area contributed by atoms with Gasteiger partial charge in [0.25, 0.3) is 0 Å². The van der Waals surface area contributed by atoms with E-state index in [0.29, 0.717) is 6.54 Å². The highest BCUT2D eigenvalue weighted by molar-refractivity contribution is 7.16. The molecule has 0 atom stereocenters. The molecule has 3 aromatic rings. The number of nitrogens with zero attached hydrogens (tertiary/aromatic N) is 1. The Labute approximate surface area is 142 Å². The van der Waals surface area contributed by atoms with E-state index < -0.39 is 0 Å². The smallest absolute Gasteiger partial charge is 0.223 e. The van der Waals surface area contributed by atoms with Crippen molar-refractivity contribution in [3.05, 3.63) is 46.1 Å². The van der Waals surface area contributed by atoms with Crippen molar-refractivity contribution in [2.75, 3.05) is 0 Å². The molecule has 2 heterocycles. The molecule has 1 amide bonds. The summed E-state index contributed by atoms with van der Waals surface area (Å²) in [5, 5.41) is 7.08. The molecule has 0 bridgehead atoms. The lowest BCUT2D eigenvalue weighted by molar-refractivity contribution is -0.130. The van der Waals surface area contributed by atoms with Gasteiger partial charge in [-0.3, -0.25) is 4.79 Å². The molecule has 4 nitrogen and oxygen atoms in total. The molecule has 1 saturated carbocycles. The van der Waals surface area contributed by atoms with Gasteiger partial charge in [-0.25, -0.2) is 4.98 Å². The number of carbonyl (C=O) groups excluding carboxylic acids is 1. The van der Waals surface area contributed by atoms with Crippen molar-refractivity contribution in [2.24, 2.45) is 5.92 Å². The fourth-order valence-corrected chi connectivity index (χ4v) is 4.10. The number of carbonyl (C=O) groups is 1. The van der Waals surface area contributed by atoms with Crippen molar-refractivity contribution in [3.63, 3.8) is 0 Å². The standard InChI is InChI=1S/C17H16N2O2S2/c20-17(18-8-11-4-5-22-9-11)12-6-13(7-12)21-14-2-1-3-15-16(14)19-10-23-15/h1-5,9-10,12-13H,6-8H2,(H,18,20). The number of rotatable bonds is 5. The van der Waals surface area contributed by atoms with Gasteiger partial charge in [-0.2, -0.15) is 11.3 Å². The first-order valence-electron chi connectivity index (χ1n) is 7.57. The Morgan fingerprint density at radius 2 is 2.26 bits per heavy atom. The predicted octanol–water partition coefficient (Wildman–Crippen LogP) is 3.83. The zero-order chi connectivity index (χ0) is 15.6. The van der Waals surface area contributed by atoms with Gasteiger partial charge in [0.1, 0.15) is 17.4 Å². The minimum Gasteiger partial charge on any atom is -0.488 e. The Balaban J connectivity index is 1.29. The second-order valence-electron chi connectivity index (χ2n) is 5.71. The third-order valence-electron chi connectivity index (χ3n) is 4.13. The monoisotopic (exact) mass is 344 g/mol. The molecule has 23 heavy (non-hydrogen) atoms. The molecule has 0 aliphatic heterocycles. The van der Waals surface area contributed by atoms with Crippen LogP contribution in [0, 0.1) is 5.92 Å². The molecule has 0 spiro atoms. The van der Waals surface area contributed by atoms with E-state index in [0.717, 1.165) is 34.4 Å². The van der Waals surface area contributed by atoms with Crippen LogP contribution < -0.4 is 10.1 Å². The van der Waals surface area contributed by atoms with Crippen LogP contribution in [0.5, 0.6) is 5.75 Å². The quantitative estimate of drug-likeness (QED) is 0.765. The van der Waals surface area contributed by atoms with Gasteiger partial charge < -0.3 is 10.1 Å². The molecule has 2 aromatic heterocycles. The summed E-state index contributed by atoms with van der Waals surface area (Å²) in [5.74, 6) is 1.02. The van der Waals surface area contributed by atoms with Crippen molar-refractivity contribution in [3.8, 4) is 5.75 Å². The van der Waals surface area contributed by atoms with Crippen LogP contribution in [0.3, 0.4) is 0 Å². The number of thiazole rings is 1. The molecule has 1 fully saturated rings. The molecule has 6 heteroatoms. The zero-order valence-electron chi connectivity index (χ0n) is 12.4. The third kappa shape index (κ3) is 3.09. The summed E-state index contributed by atoms with van der Waals surface area (Å²) in [6.07, 6.45) is 1.66. The summed E-state index contributed by atoms with van der Waals surface area (Å²) in [6.45, 7) is 0.614. The van der Waals surface area contributed by atoms with Crippen LogP contribution in [-0.4, -0.2) is 17.0 Å². The first kappa shape index (κ1) is 14.7. The summed E-state index contributed by atoms with van der Waals surface area (Å²) in [4.78, 5) is 16.5. The number of para-hydroxylation sites is 1. The number of aromatic nitrogens is 1. The SMILES string of the molecule is O=C(NCc1ccsc1)C1CC(Oc2cccc3scnc23)C1. The molecule has 0 unspecified atom stereocenters. The maximum absolute atomic E-state index is 12.1. The zero-order valence-corrected chi connectivity index (χ0v) is 14.0. The molecule has 118 valence electrons. The number of ether oxygens (including phenoxy) is 1. The van der Waals surface area contributed by atoms with Gasteiger partial charge in [-0.05, 0) is 47.4 Å². The van der Waals surface area contributed by atoms with Crippen LogP contribution in [0.4, 0.5) is 0 Å². The minimum atomic E-state index is 0.0632. The predicted molar refractivity (Wildman–Crippen MR) is 92.9 cm³/mol. The lowest BCUT2D eigenvalue weighted by Gasteiger charge is -2.34. The number of hydrogen-bond acceptors (Lipinski definition) is 5. The summed E-state index contributed by atoms with van der Waals surface area (Å²) >= 11 is 3.26. The van der Waals surface area contributed by atoms with Gasteiger partial charge >= 0.3 is 0 Å². The highest BCUT2D eigenvalue weighted by Crippen LogP contribution is 2.34. The molecule has 0 radical (unpaired) electrons. The Morgan fingerprint density at radius 3 is 3.09 bits per heavy atom. The van der Waals surface area contributed by atoms with Gasteiger partial charge in [0.15, 0.2) is 0 Å². The highest BCUT2D eigenvalue weighted by Gasteiger charge is 2.36. The third-order valence-corrected chi connectivity index (χ3v) is 5.66. The van der Waals surface area contributed by atoms with Crippen molar-refractivity contribution in [1.29, 1.82) is 0 Å². The topological polar surface area (TPSA) is 51.2 Å². The average molecular weight is 344 g/mol. The van der Waals surface area contributed by atoms with Crippen LogP contribution in [0.25, 0.3) is 10.2 Å². The van der Waals surface area contributed by atoms with Gasteiger partial charge in [-0.15, -0.1) is 11.3 Å². The van der Waals surface area contributed by atoms with E-state index in [9.17, 15) is 4.79 Å². The maximum atomic E-state index is 12.1. The Hall–Kier alpha value is -1.92. The van der Waals surface area contributed by atoms with Gasteiger partial charge in [0.2, 0.25) is 5.91 Å². The number of benzene rings is 1. The van der Waals surface area contributed by atoms with Crippen LogP contribution in [0.1, 0.15) is 18.4 Å². The summed E-state index contributed by atoms with van der Waals surface area (Å²) < 4.78 is 7.15. The van der Waals surface area contributed by atoms with Crippen molar-refractivity contribution in [1.82, 2.24) is 10.3 Å². The van der Waals surface area contributed by atoms with Crippen LogP contribution >= 0.6 is 22.7 Å². The van der Waals surface area contributed by atoms with Gasteiger partial charge in [-0.1, -0.05) is 6.07 Å². The van der Waals surface area contributed by atoms with E-state index >= 15 is 0 Å². The second-order valence-corrected chi connectivity index (χ2v) is 7.38. The maximum Gasteiger partial charge on any atom is 0.223 e. The summed E-state index contributed by atoms with van der Waals surface area (Å²) in [6, 6.07) is 8.01. The van der Waals surface area contributed by atoms with E-state index in [2.05, 4.69) is 15.7 Å². The number of fused-ring (bicyclic) bond motifs is 1. The molecule has 1 aromatic carbocycles. The second kappa shape index (κ2) is 6.29. The van der Waals surface area contributed by atoms with E-state index in [1.807, 2.05) is 35.2 Å². The normalized spacial score (nSPS) is 20.2. The highest BCUT2D eigenvalue weighted by atomic mass is 32.1. The van der Waals surface area contributed by atoms with Crippen LogP contribution in [-0.2, 0) is 11.3 Å². The summed E-state index contributed by atoms with van der Waals surface area (Å²) in [7, 11) is 0.